The molecule has 0 amide bonds. The monoisotopic (exact) mass is 713 g/mol. The molecule has 2 N–H and O–H groups in total. The van der Waals surface area contributed by atoms with E-state index in [1.54, 1.807) is 6.08 Å². The molecule has 1 unspecified atom stereocenters. The van der Waals surface area contributed by atoms with Crippen LogP contribution in [0.1, 0.15) is 174 Å². The van der Waals surface area contributed by atoms with Gasteiger partial charge in [0.2, 0.25) is 0 Å². The normalized spacial score (nSPS) is 13.6. The molecule has 0 fully saturated rings. The van der Waals surface area contributed by atoms with Crippen molar-refractivity contribution in [3.8, 4) is 0 Å². The van der Waals surface area contributed by atoms with Crippen molar-refractivity contribution in [2.24, 2.45) is 0 Å². The van der Waals surface area contributed by atoms with Gasteiger partial charge in [0, 0.05) is 12.8 Å². The maximum atomic E-state index is 12.0. The van der Waals surface area contributed by atoms with Crippen molar-refractivity contribution in [2.45, 2.75) is 187 Å². The molecule has 0 rings (SSSR count). The van der Waals surface area contributed by atoms with Crippen molar-refractivity contribution in [3.63, 3.8) is 0 Å². The van der Waals surface area contributed by atoms with E-state index in [-0.39, 0.29) is 25.6 Å². The number of aliphatic hydroxyl groups excluding tert-OH is 2. The van der Waals surface area contributed by atoms with Crippen LogP contribution in [-0.4, -0.2) is 47.6 Å². The second-order valence-corrected chi connectivity index (χ2v) is 13.6. The Morgan fingerprint density at radius 1 is 0.510 bits per heavy atom. The van der Waals surface area contributed by atoms with Gasteiger partial charge in [-0.15, -0.1) is 0 Å². The summed E-state index contributed by atoms with van der Waals surface area (Å²) in [5.41, 5.74) is 0. The lowest BCUT2D eigenvalue weighted by Crippen LogP contribution is -2.25. The predicted octanol–water partition coefficient (Wildman–Crippen LogP) is 11.9. The predicted molar refractivity (Wildman–Crippen MR) is 216 cm³/mol. The van der Waals surface area contributed by atoms with Crippen LogP contribution in [-0.2, 0) is 19.1 Å². The lowest BCUT2D eigenvalue weighted by molar-refractivity contribution is -0.152. The van der Waals surface area contributed by atoms with Crippen LogP contribution in [0.25, 0.3) is 0 Å². The van der Waals surface area contributed by atoms with Crippen LogP contribution in [0, 0.1) is 0 Å². The Morgan fingerprint density at radius 3 is 1.47 bits per heavy atom. The number of unbranched alkanes of at least 4 members (excludes halogenated alkanes) is 16. The summed E-state index contributed by atoms with van der Waals surface area (Å²) in [7, 11) is 0. The highest BCUT2D eigenvalue weighted by atomic mass is 16.6. The Kier molecular flexibility index (Phi) is 38.0. The van der Waals surface area contributed by atoms with Gasteiger partial charge in [0.25, 0.3) is 0 Å². The number of carbonyl (C=O) groups excluding carboxylic acids is 2. The molecule has 0 aliphatic rings. The molecular weight excluding hydrogens is 636 g/mol. The average Bonchev–Trinajstić information content (AvgIpc) is 3.12. The topological polar surface area (TPSA) is 93.1 Å². The first-order valence-corrected chi connectivity index (χ1v) is 20.6. The van der Waals surface area contributed by atoms with Gasteiger partial charge in [-0.25, -0.2) is 0 Å². The quantitative estimate of drug-likeness (QED) is 0.0291. The number of hydrogen-bond acceptors (Lipinski definition) is 6. The second kappa shape index (κ2) is 40.1. The summed E-state index contributed by atoms with van der Waals surface area (Å²) in [5.74, 6) is -0.740. The number of carbonyl (C=O) groups is 2. The first-order valence-electron chi connectivity index (χ1n) is 20.6. The van der Waals surface area contributed by atoms with Crippen molar-refractivity contribution in [2.75, 3.05) is 13.2 Å². The number of hydrogen-bond donors (Lipinski definition) is 2. The summed E-state index contributed by atoms with van der Waals surface area (Å²) in [6, 6.07) is 0. The van der Waals surface area contributed by atoms with Crippen molar-refractivity contribution >= 4 is 11.9 Å². The van der Waals surface area contributed by atoms with Gasteiger partial charge >= 0.3 is 11.9 Å². The summed E-state index contributed by atoms with van der Waals surface area (Å²) in [6.07, 6.45) is 49.9. The molecule has 2 atom stereocenters. The van der Waals surface area contributed by atoms with E-state index in [0.29, 0.717) is 19.3 Å². The minimum absolute atomic E-state index is 0.169. The van der Waals surface area contributed by atoms with Crippen molar-refractivity contribution < 1.29 is 29.3 Å². The van der Waals surface area contributed by atoms with Crippen LogP contribution in [0.3, 0.4) is 0 Å². The van der Waals surface area contributed by atoms with Gasteiger partial charge < -0.3 is 19.7 Å². The maximum absolute atomic E-state index is 12.0. The Hall–Kier alpha value is -2.70. The van der Waals surface area contributed by atoms with Gasteiger partial charge in [-0.1, -0.05) is 189 Å². The molecule has 0 bridgehead atoms. The largest absolute Gasteiger partial charge is 0.463 e. The summed E-state index contributed by atoms with van der Waals surface area (Å²) >= 11 is 0. The molecule has 0 aromatic carbocycles. The molecule has 51 heavy (non-hydrogen) atoms. The Balaban J connectivity index is 3.64. The van der Waals surface area contributed by atoms with Crippen LogP contribution in [0.5, 0.6) is 0 Å². The first-order chi connectivity index (χ1) is 25.0. The van der Waals surface area contributed by atoms with Crippen LogP contribution < -0.4 is 0 Å². The third-order valence-corrected chi connectivity index (χ3v) is 8.55. The third kappa shape index (κ3) is 39.9. The molecule has 0 saturated carbocycles. The van der Waals surface area contributed by atoms with E-state index in [4.69, 9.17) is 9.47 Å². The average molecular weight is 713 g/mol. The maximum Gasteiger partial charge on any atom is 0.306 e. The van der Waals surface area contributed by atoms with E-state index in [1.807, 2.05) is 30.4 Å². The summed E-state index contributed by atoms with van der Waals surface area (Å²) in [4.78, 5) is 23.9. The van der Waals surface area contributed by atoms with Crippen molar-refractivity contribution in [3.05, 3.63) is 72.9 Å². The molecule has 6 nitrogen and oxygen atoms in total. The molecular formula is C45H76O6. The van der Waals surface area contributed by atoms with E-state index in [1.165, 1.54) is 89.9 Å². The molecule has 6 heteroatoms. The zero-order valence-corrected chi connectivity index (χ0v) is 32.7. The molecule has 0 spiro atoms. The lowest BCUT2D eigenvalue weighted by atomic mass is 10.0. The fourth-order valence-electron chi connectivity index (χ4n) is 5.43. The van der Waals surface area contributed by atoms with Crippen LogP contribution in [0.2, 0.25) is 0 Å². The Labute approximate surface area is 313 Å². The fourth-order valence-corrected chi connectivity index (χ4v) is 5.43. The number of allylic oxidation sites excluding steroid dienone is 10. The minimum Gasteiger partial charge on any atom is -0.463 e. The smallest absolute Gasteiger partial charge is 0.306 e. The molecule has 0 aromatic rings. The molecule has 0 aromatic heterocycles. The Morgan fingerprint density at radius 2 is 0.961 bits per heavy atom. The molecule has 0 saturated heterocycles. The van der Waals surface area contributed by atoms with Gasteiger partial charge in [-0.05, 0) is 44.9 Å². The third-order valence-electron chi connectivity index (χ3n) is 8.55. The highest BCUT2D eigenvalue weighted by molar-refractivity contribution is 5.70. The van der Waals surface area contributed by atoms with E-state index in [9.17, 15) is 19.8 Å². The highest BCUT2D eigenvalue weighted by Crippen LogP contribution is 2.14. The van der Waals surface area contributed by atoms with Gasteiger partial charge in [-0.2, -0.15) is 0 Å². The zero-order valence-electron chi connectivity index (χ0n) is 32.7. The number of aliphatic hydroxyl groups is 2. The van der Waals surface area contributed by atoms with Gasteiger partial charge in [0.1, 0.15) is 19.3 Å². The number of ether oxygens (including phenoxy) is 2. The standard InChI is InChI=1S/C45H76O6/c1-3-5-7-9-11-13-15-17-18-19-20-22-24-26-28-30-34-38-44(48)50-40-43(47)41-51-45(49)39-35-31-33-37-42(46)36-32-29-27-25-23-21-16-14-12-10-8-6-4-2/h6,8,12,14,21,23,27,29,31-33,36,42-43,46-47H,3-5,7,9-11,13,15-20,22,24-26,28,30,34-35,37-41H2,1-2H3/b8-6-,14-12-,23-21-,29-27-,33-31-,36-32-/t42?,43-/m1/s1. The van der Waals surface area contributed by atoms with Gasteiger partial charge in [-0.3, -0.25) is 9.59 Å². The molecule has 0 heterocycles. The first kappa shape index (κ1) is 48.3. The van der Waals surface area contributed by atoms with Crippen LogP contribution in [0.4, 0.5) is 0 Å². The molecule has 0 aliphatic carbocycles. The molecule has 0 aliphatic heterocycles. The zero-order chi connectivity index (χ0) is 37.3. The van der Waals surface area contributed by atoms with Crippen molar-refractivity contribution in [1.82, 2.24) is 0 Å². The summed E-state index contributed by atoms with van der Waals surface area (Å²) in [5, 5.41) is 20.1. The lowest BCUT2D eigenvalue weighted by Gasteiger charge is -2.12. The van der Waals surface area contributed by atoms with E-state index in [0.717, 1.165) is 44.9 Å². The van der Waals surface area contributed by atoms with Gasteiger partial charge in [0.15, 0.2) is 0 Å². The summed E-state index contributed by atoms with van der Waals surface area (Å²) in [6.45, 7) is 4.04. The van der Waals surface area contributed by atoms with E-state index >= 15 is 0 Å². The molecule has 0 radical (unpaired) electrons. The van der Waals surface area contributed by atoms with E-state index in [2.05, 4.69) is 50.3 Å². The second-order valence-electron chi connectivity index (χ2n) is 13.6. The van der Waals surface area contributed by atoms with Crippen molar-refractivity contribution in [1.29, 1.82) is 0 Å². The molecule has 292 valence electrons. The number of esters is 2. The van der Waals surface area contributed by atoms with Gasteiger partial charge in [0.05, 0.1) is 6.10 Å². The summed E-state index contributed by atoms with van der Waals surface area (Å²) < 4.78 is 10.2. The highest BCUT2D eigenvalue weighted by Gasteiger charge is 2.11. The number of rotatable bonds is 36. The Bertz CT molecular complexity index is 960. The SMILES string of the molecule is CC/C=C\C/C=C\C/C=C\C/C=C\C=C/C(O)C/C=C\CCC(=O)OC[C@H](O)COC(=O)CCCCCCCCCCCCCCCCCCC. The van der Waals surface area contributed by atoms with Crippen LogP contribution in [0.15, 0.2) is 72.9 Å². The minimum atomic E-state index is -1.03. The van der Waals surface area contributed by atoms with E-state index < -0.39 is 18.2 Å². The fraction of sp³-hybridized carbons (Fsp3) is 0.689. The van der Waals surface area contributed by atoms with Crippen LogP contribution >= 0.6 is 0 Å².